The summed E-state index contributed by atoms with van der Waals surface area (Å²) < 4.78 is 0. The van der Waals surface area contributed by atoms with E-state index in [4.69, 9.17) is 0 Å². The number of hydrogen-bond donors (Lipinski definition) is 0. The molecule has 1 aromatic heterocycles. The highest BCUT2D eigenvalue weighted by atomic mass is 16.2. The minimum atomic E-state index is 0.191. The molecule has 2 atom stereocenters. The summed E-state index contributed by atoms with van der Waals surface area (Å²) in [5, 5.41) is 8.58. The molecular weight excluding hydrogens is 288 g/mol. The van der Waals surface area contributed by atoms with E-state index in [0.717, 1.165) is 42.4 Å². The lowest BCUT2D eigenvalue weighted by Gasteiger charge is -2.38. The average Bonchev–Trinajstić information content (AvgIpc) is 3.12. The van der Waals surface area contributed by atoms with Gasteiger partial charge in [-0.2, -0.15) is 15.0 Å². The molecule has 0 aliphatic carbocycles. The molecule has 2 unspecified atom stereocenters. The van der Waals surface area contributed by atoms with Crippen LogP contribution in [0.25, 0.3) is 0 Å². The smallest absolute Gasteiger partial charge is 0.254 e. The number of rotatable bonds is 2. The van der Waals surface area contributed by atoms with Crippen LogP contribution in [-0.4, -0.2) is 37.9 Å². The van der Waals surface area contributed by atoms with Crippen molar-refractivity contribution in [1.29, 1.82) is 0 Å². The molecule has 2 fully saturated rings. The highest BCUT2D eigenvalue weighted by Gasteiger charge is 2.44. The second-order valence-electron chi connectivity index (χ2n) is 6.95. The van der Waals surface area contributed by atoms with Gasteiger partial charge in [0.05, 0.1) is 18.4 Å². The second-order valence-corrected chi connectivity index (χ2v) is 6.95. The summed E-state index contributed by atoms with van der Waals surface area (Å²) >= 11 is 0. The Hall–Kier alpha value is -2.17. The molecule has 2 aliphatic rings. The fourth-order valence-electron chi connectivity index (χ4n) is 4.33. The van der Waals surface area contributed by atoms with E-state index in [0.29, 0.717) is 18.1 Å². The summed E-state index contributed by atoms with van der Waals surface area (Å²) in [5.41, 5.74) is 3.13. The van der Waals surface area contributed by atoms with Gasteiger partial charge in [0.15, 0.2) is 0 Å². The molecule has 2 aliphatic heterocycles. The molecule has 23 heavy (non-hydrogen) atoms. The quantitative estimate of drug-likeness (QED) is 0.857. The normalized spacial score (nSPS) is 26.5. The van der Waals surface area contributed by atoms with Gasteiger partial charge < -0.3 is 4.90 Å². The Kier molecular flexibility index (Phi) is 3.43. The second kappa shape index (κ2) is 5.48. The zero-order chi connectivity index (χ0) is 16.0. The molecule has 4 rings (SSSR count). The van der Waals surface area contributed by atoms with Crippen LogP contribution in [0.1, 0.15) is 53.2 Å². The number of nitrogens with zero attached hydrogens (tertiary/aromatic N) is 4. The van der Waals surface area contributed by atoms with Crippen molar-refractivity contribution in [1.82, 2.24) is 19.9 Å². The van der Waals surface area contributed by atoms with Gasteiger partial charge in [-0.05, 0) is 51.7 Å². The number of amides is 1. The topological polar surface area (TPSA) is 51.0 Å². The zero-order valence-corrected chi connectivity index (χ0v) is 13.6. The van der Waals surface area contributed by atoms with E-state index in [-0.39, 0.29) is 5.91 Å². The summed E-state index contributed by atoms with van der Waals surface area (Å²) in [6.45, 7) is 4.10. The number of carbonyl (C=O) groups excluding carboxylic acids is 1. The van der Waals surface area contributed by atoms with E-state index < -0.39 is 0 Å². The van der Waals surface area contributed by atoms with Crippen molar-refractivity contribution in [2.24, 2.45) is 0 Å². The number of aryl methyl sites for hydroxylation is 2. The standard InChI is InChI=1S/C18H22N4O/c1-12-7-13(2)9-14(8-12)18(23)21-15-3-4-16(21)11-17(10-15)22-19-5-6-20-22/h5-9,15-17H,3-4,10-11H2,1-2H3. The van der Waals surface area contributed by atoms with Gasteiger partial charge in [-0.15, -0.1) is 0 Å². The van der Waals surface area contributed by atoms with Crippen molar-refractivity contribution >= 4 is 5.91 Å². The molecule has 120 valence electrons. The monoisotopic (exact) mass is 310 g/mol. The lowest BCUT2D eigenvalue weighted by molar-refractivity contribution is 0.0512. The van der Waals surface area contributed by atoms with E-state index in [1.54, 1.807) is 12.4 Å². The lowest BCUT2D eigenvalue weighted by atomic mass is 9.96. The highest BCUT2D eigenvalue weighted by Crippen LogP contribution is 2.41. The Labute approximate surface area is 136 Å². The molecule has 5 nitrogen and oxygen atoms in total. The van der Waals surface area contributed by atoms with Crippen LogP contribution < -0.4 is 0 Å². The Morgan fingerprint density at radius 3 is 2.09 bits per heavy atom. The van der Waals surface area contributed by atoms with Crippen LogP contribution in [0.4, 0.5) is 0 Å². The third-order valence-electron chi connectivity index (χ3n) is 5.17. The number of piperidine rings is 1. The van der Waals surface area contributed by atoms with Crippen LogP contribution in [0, 0.1) is 13.8 Å². The zero-order valence-electron chi connectivity index (χ0n) is 13.6. The first-order valence-electron chi connectivity index (χ1n) is 8.38. The van der Waals surface area contributed by atoms with Crippen molar-refractivity contribution in [3.63, 3.8) is 0 Å². The summed E-state index contributed by atoms with van der Waals surface area (Å²) in [6.07, 6.45) is 7.57. The van der Waals surface area contributed by atoms with Crippen LogP contribution in [0.15, 0.2) is 30.6 Å². The minimum absolute atomic E-state index is 0.191. The number of benzene rings is 1. The molecule has 0 radical (unpaired) electrons. The third-order valence-corrected chi connectivity index (χ3v) is 5.17. The number of aromatic nitrogens is 3. The first-order chi connectivity index (χ1) is 11.1. The lowest BCUT2D eigenvalue weighted by Crippen LogP contribution is -2.47. The third kappa shape index (κ3) is 2.54. The average molecular weight is 310 g/mol. The predicted molar refractivity (Wildman–Crippen MR) is 87.2 cm³/mol. The van der Waals surface area contributed by atoms with Crippen molar-refractivity contribution in [3.8, 4) is 0 Å². The van der Waals surface area contributed by atoms with Gasteiger partial charge in [-0.25, -0.2) is 0 Å². The van der Waals surface area contributed by atoms with Crippen LogP contribution >= 0.6 is 0 Å². The largest absolute Gasteiger partial charge is 0.333 e. The van der Waals surface area contributed by atoms with Crippen LogP contribution in [0.5, 0.6) is 0 Å². The van der Waals surface area contributed by atoms with Crippen LogP contribution in [0.2, 0.25) is 0 Å². The van der Waals surface area contributed by atoms with Gasteiger partial charge in [-0.3, -0.25) is 4.79 Å². The van der Waals surface area contributed by atoms with Gasteiger partial charge >= 0.3 is 0 Å². The SMILES string of the molecule is Cc1cc(C)cc(C(=O)N2C3CCC2CC(n2nccn2)C3)c1. The maximum Gasteiger partial charge on any atom is 0.254 e. The minimum Gasteiger partial charge on any atom is -0.333 e. The van der Waals surface area contributed by atoms with Gasteiger partial charge in [0, 0.05) is 17.6 Å². The highest BCUT2D eigenvalue weighted by molar-refractivity contribution is 5.95. The molecule has 1 amide bonds. The van der Waals surface area contributed by atoms with E-state index in [9.17, 15) is 4.79 Å². The Balaban J connectivity index is 1.58. The maximum atomic E-state index is 13.0. The fourth-order valence-corrected chi connectivity index (χ4v) is 4.33. The Bertz CT molecular complexity index is 690. The van der Waals surface area contributed by atoms with E-state index in [1.165, 1.54) is 0 Å². The molecule has 5 heteroatoms. The summed E-state index contributed by atoms with van der Waals surface area (Å²) in [5.74, 6) is 0.191. The molecule has 3 heterocycles. The van der Waals surface area contributed by atoms with Gasteiger partial charge in [0.25, 0.3) is 5.91 Å². The molecule has 0 spiro atoms. The van der Waals surface area contributed by atoms with Crippen molar-refractivity contribution in [2.45, 2.75) is 57.7 Å². The van der Waals surface area contributed by atoms with Crippen LogP contribution in [0.3, 0.4) is 0 Å². The van der Waals surface area contributed by atoms with E-state index in [1.807, 2.05) is 30.8 Å². The molecule has 0 saturated carbocycles. The number of hydrogen-bond acceptors (Lipinski definition) is 3. The molecular formula is C18H22N4O. The fraction of sp³-hybridized carbons (Fsp3) is 0.500. The van der Waals surface area contributed by atoms with Crippen molar-refractivity contribution in [3.05, 3.63) is 47.3 Å². The molecule has 0 N–H and O–H groups in total. The van der Waals surface area contributed by atoms with Gasteiger partial charge in [-0.1, -0.05) is 17.2 Å². The Morgan fingerprint density at radius 1 is 0.957 bits per heavy atom. The summed E-state index contributed by atoms with van der Waals surface area (Å²) in [6, 6.07) is 7.09. The maximum absolute atomic E-state index is 13.0. The van der Waals surface area contributed by atoms with Crippen molar-refractivity contribution < 1.29 is 4.79 Å². The number of carbonyl (C=O) groups is 1. The molecule has 2 saturated heterocycles. The first kappa shape index (κ1) is 14.4. The first-order valence-corrected chi connectivity index (χ1v) is 8.38. The molecule has 1 aromatic carbocycles. The molecule has 2 aromatic rings. The number of fused-ring (bicyclic) bond motifs is 2. The van der Waals surface area contributed by atoms with Gasteiger partial charge in [0.1, 0.15) is 0 Å². The Morgan fingerprint density at radius 2 is 1.52 bits per heavy atom. The van der Waals surface area contributed by atoms with Crippen molar-refractivity contribution in [2.75, 3.05) is 0 Å². The summed E-state index contributed by atoms with van der Waals surface area (Å²) in [7, 11) is 0. The predicted octanol–water partition coefficient (Wildman–Crippen LogP) is 2.90. The summed E-state index contributed by atoms with van der Waals surface area (Å²) in [4.78, 5) is 17.0. The van der Waals surface area contributed by atoms with E-state index in [2.05, 4.69) is 21.2 Å². The van der Waals surface area contributed by atoms with Gasteiger partial charge in [0.2, 0.25) is 0 Å². The van der Waals surface area contributed by atoms with Crippen LogP contribution in [-0.2, 0) is 0 Å². The van der Waals surface area contributed by atoms with E-state index >= 15 is 0 Å². The molecule has 2 bridgehead atoms.